The molecule has 0 spiro atoms. The van der Waals surface area contributed by atoms with Crippen LogP contribution in [0.3, 0.4) is 0 Å². The van der Waals surface area contributed by atoms with Crippen molar-refractivity contribution in [3.05, 3.63) is 70.3 Å². The lowest BCUT2D eigenvalue weighted by molar-refractivity contribution is 0.111. The minimum atomic E-state index is 0.538. The van der Waals surface area contributed by atoms with Gasteiger partial charge in [0.15, 0.2) is 0 Å². The van der Waals surface area contributed by atoms with Crippen LogP contribution in [-0.4, -0.2) is 31.0 Å². The van der Waals surface area contributed by atoms with Crippen molar-refractivity contribution < 1.29 is 4.74 Å². The number of benzene rings is 2. The smallest absolute Gasteiger partial charge is 0.209 e. The van der Waals surface area contributed by atoms with Gasteiger partial charge in [0, 0.05) is 10.9 Å². The van der Waals surface area contributed by atoms with E-state index in [1.165, 1.54) is 16.8 Å². The molecule has 1 aliphatic rings. The molecular formula is C22H25N3OS. The fraction of sp³-hybridized carbons (Fsp3) is 0.318. The molecule has 2 heterocycles. The minimum Gasteiger partial charge on any atom is -0.378 e. The van der Waals surface area contributed by atoms with Gasteiger partial charge in [0.05, 0.1) is 37.7 Å². The lowest BCUT2D eigenvalue weighted by Crippen LogP contribution is -2.48. The van der Waals surface area contributed by atoms with Crippen LogP contribution in [0.4, 0.5) is 5.69 Å². The number of nitrogens with zero attached hydrogens (tertiary/aromatic N) is 3. The normalized spacial score (nSPS) is 15.5. The van der Waals surface area contributed by atoms with Crippen LogP contribution in [0.1, 0.15) is 25.3 Å². The van der Waals surface area contributed by atoms with Crippen molar-refractivity contribution in [1.29, 1.82) is 0 Å². The molecule has 3 aromatic rings. The van der Waals surface area contributed by atoms with Crippen molar-refractivity contribution in [3.8, 4) is 11.3 Å². The van der Waals surface area contributed by atoms with Gasteiger partial charge in [-0.3, -0.25) is 0 Å². The Bertz CT molecular complexity index is 936. The minimum absolute atomic E-state index is 0.538. The van der Waals surface area contributed by atoms with Crippen molar-refractivity contribution in [1.82, 2.24) is 4.68 Å². The summed E-state index contributed by atoms with van der Waals surface area (Å²) < 4.78 is 7.83. The van der Waals surface area contributed by atoms with Crippen molar-refractivity contribution in [2.24, 2.45) is 4.99 Å². The van der Waals surface area contributed by atoms with Crippen molar-refractivity contribution >= 4 is 17.0 Å². The summed E-state index contributed by atoms with van der Waals surface area (Å²) in [7, 11) is 0. The molecule has 5 heteroatoms. The van der Waals surface area contributed by atoms with E-state index in [2.05, 4.69) is 53.2 Å². The van der Waals surface area contributed by atoms with Crippen LogP contribution in [0, 0.1) is 0 Å². The second-order valence-corrected chi connectivity index (χ2v) is 7.84. The van der Waals surface area contributed by atoms with Crippen molar-refractivity contribution in [3.63, 3.8) is 0 Å². The first-order valence-electron chi connectivity index (χ1n) is 9.46. The maximum atomic E-state index is 5.56. The van der Waals surface area contributed by atoms with Crippen LogP contribution in [0.2, 0.25) is 0 Å². The predicted octanol–water partition coefficient (Wildman–Crippen LogP) is 4.54. The molecule has 0 unspecified atom stereocenters. The monoisotopic (exact) mass is 379 g/mol. The first-order chi connectivity index (χ1) is 13.2. The molecule has 0 aliphatic carbocycles. The van der Waals surface area contributed by atoms with Crippen LogP contribution >= 0.6 is 11.3 Å². The average Bonchev–Trinajstić information content (AvgIpc) is 3.13. The van der Waals surface area contributed by atoms with Crippen molar-refractivity contribution in [2.45, 2.75) is 19.8 Å². The highest BCUT2D eigenvalue weighted by molar-refractivity contribution is 7.07. The Morgan fingerprint density at radius 1 is 0.963 bits per heavy atom. The van der Waals surface area contributed by atoms with Crippen LogP contribution < -0.4 is 9.81 Å². The Kier molecular flexibility index (Phi) is 5.41. The number of thiazole rings is 1. The fourth-order valence-corrected chi connectivity index (χ4v) is 4.18. The van der Waals surface area contributed by atoms with Crippen LogP contribution in [-0.2, 0) is 4.74 Å². The maximum absolute atomic E-state index is 5.56. The second kappa shape index (κ2) is 8.11. The van der Waals surface area contributed by atoms with E-state index in [0.29, 0.717) is 5.92 Å². The van der Waals surface area contributed by atoms with Gasteiger partial charge < -0.3 is 9.75 Å². The molecule has 2 aromatic carbocycles. The van der Waals surface area contributed by atoms with Crippen LogP contribution in [0.5, 0.6) is 0 Å². The van der Waals surface area contributed by atoms with E-state index >= 15 is 0 Å². The number of ether oxygens (including phenoxy) is 1. The molecular weight excluding hydrogens is 354 g/mol. The fourth-order valence-electron chi connectivity index (χ4n) is 3.25. The largest absolute Gasteiger partial charge is 0.378 e. The molecule has 140 valence electrons. The lowest BCUT2D eigenvalue weighted by Gasteiger charge is -2.31. The lowest BCUT2D eigenvalue weighted by atomic mass is 10.0. The Morgan fingerprint density at radius 2 is 1.67 bits per heavy atom. The van der Waals surface area contributed by atoms with Gasteiger partial charge in [-0.25, -0.2) is 9.67 Å². The van der Waals surface area contributed by atoms with Gasteiger partial charge >= 0.3 is 0 Å². The summed E-state index contributed by atoms with van der Waals surface area (Å²) in [4.78, 5) is 5.90. The molecule has 4 rings (SSSR count). The average molecular weight is 380 g/mol. The van der Waals surface area contributed by atoms with Gasteiger partial charge in [0.1, 0.15) is 0 Å². The first kappa shape index (κ1) is 18.0. The van der Waals surface area contributed by atoms with Gasteiger partial charge in [0.25, 0.3) is 0 Å². The summed E-state index contributed by atoms with van der Waals surface area (Å²) in [5.74, 6) is 0.538. The van der Waals surface area contributed by atoms with Gasteiger partial charge in [-0.1, -0.05) is 56.3 Å². The molecule has 0 atom stereocenters. The van der Waals surface area contributed by atoms with Gasteiger partial charge in [-0.2, -0.15) is 0 Å². The van der Waals surface area contributed by atoms with Crippen LogP contribution in [0.15, 0.2) is 65.0 Å². The van der Waals surface area contributed by atoms with Gasteiger partial charge in [0.2, 0.25) is 4.80 Å². The zero-order chi connectivity index (χ0) is 18.6. The third-order valence-corrected chi connectivity index (χ3v) is 5.63. The van der Waals surface area contributed by atoms with E-state index in [0.717, 1.165) is 36.8 Å². The standard InChI is InChI=1S/C22H25N3OS/c1-17(2)18-8-10-19(11-9-18)21-16-27-22(23-20-6-4-3-5-7-20)25(21)24-12-14-26-15-13-24/h3-11,16-17H,12-15H2,1-2H3. The molecule has 1 aliphatic heterocycles. The number of rotatable bonds is 4. The Balaban J connectivity index is 1.80. The van der Waals surface area contributed by atoms with E-state index in [9.17, 15) is 0 Å². The van der Waals surface area contributed by atoms with Gasteiger partial charge in [-0.05, 0) is 23.6 Å². The second-order valence-electron chi connectivity index (χ2n) is 7.01. The molecule has 4 nitrogen and oxygen atoms in total. The number of hydrogen-bond donors (Lipinski definition) is 0. The molecule has 0 N–H and O–H groups in total. The maximum Gasteiger partial charge on any atom is 0.209 e. The Morgan fingerprint density at radius 3 is 2.33 bits per heavy atom. The van der Waals surface area contributed by atoms with E-state index in [4.69, 9.17) is 9.73 Å². The van der Waals surface area contributed by atoms with Crippen LogP contribution in [0.25, 0.3) is 11.3 Å². The Labute approximate surface area is 164 Å². The Hall–Kier alpha value is -2.37. The van der Waals surface area contributed by atoms with E-state index in [1.807, 2.05) is 30.3 Å². The topological polar surface area (TPSA) is 29.8 Å². The zero-order valence-electron chi connectivity index (χ0n) is 15.8. The molecule has 1 saturated heterocycles. The zero-order valence-corrected chi connectivity index (χ0v) is 16.7. The van der Waals surface area contributed by atoms with E-state index in [1.54, 1.807) is 11.3 Å². The summed E-state index contributed by atoms with van der Waals surface area (Å²) in [6, 6.07) is 19.1. The molecule has 0 radical (unpaired) electrons. The number of aromatic nitrogens is 1. The summed E-state index contributed by atoms with van der Waals surface area (Å²) in [6.07, 6.45) is 0. The summed E-state index contributed by atoms with van der Waals surface area (Å²) in [5.41, 5.74) is 4.74. The molecule has 1 fully saturated rings. The SMILES string of the molecule is CC(C)c1ccc(-c2csc(=Nc3ccccc3)n2N2CCOCC2)cc1. The van der Waals surface area contributed by atoms with Gasteiger partial charge in [-0.15, -0.1) is 11.3 Å². The third kappa shape index (κ3) is 3.99. The molecule has 0 bridgehead atoms. The highest BCUT2D eigenvalue weighted by atomic mass is 32.1. The number of para-hydroxylation sites is 1. The van der Waals surface area contributed by atoms with Crippen molar-refractivity contribution in [2.75, 3.05) is 31.3 Å². The van der Waals surface area contributed by atoms with E-state index < -0.39 is 0 Å². The first-order valence-corrected chi connectivity index (χ1v) is 10.3. The number of hydrogen-bond acceptors (Lipinski definition) is 4. The molecule has 27 heavy (non-hydrogen) atoms. The van der Waals surface area contributed by atoms with E-state index in [-0.39, 0.29) is 0 Å². The molecule has 0 amide bonds. The highest BCUT2D eigenvalue weighted by Gasteiger charge is 2.17. The number of morpholine rings is 1. The summed E-state index contributed by atoms with van der Waals surface area (Å²) >= 11 is 1.68. The predicted molar refractivity (Wildman–Crippen MR) is 112 cm³/mol. The summed E-state index contributed by atoms with van der Waals surface area (Å²) in [5, 5.41) is 4.55. The quantitative estimate of drug-likeness (QED) is 0.666. The molecule has 1 aromatic heterocycles. The third-order valence-electron chi connectivity index (χ3n) is 4.81. The summed E-state index contributed by atoms with van der Waals surface area (Å²) in [6.45, 7) is 7.69. The molecule has 0 saturated carbocycles. The highest BCUT2D eigenvalue weighted by Crippen LogP contribution is 2.24.